The van der Waals surface area contributed by atoms with Crippen molar-refractivity contribution in [1.82, 2.24) is 5.43 Å². The van der Waals surface area contributed by atoms with Gasteiger partial charge in [0.25, 0.3) is 5.91 Å². The second-order valence-electron chi connectivity index (χ2n) is 4.97. The molecule has 22 heavy (non-hydrogen) atoms. The van der Waals surface area contributed by atoms with Crippen LogP contribution in [-0.4, -0.2) is 17.5 Å². The van der Waals surface area contributed by atoms with E-state index in [0.29, 0.717) is 5.69 Å². The summed E-state index contributed by atoms with van der Waals surface area (Å²) >= 11 is 0. The van der Waals surface area contributed by atoms with Gasteiger partial charge in [0.15, 0.2) is 17.7 Å². The summed E-state index contributed by atoms with van der Waals surface area (Å²) in [6.07, 6.45) is 0. The van der Waals surface area contributed by atoms with Crippen molar-refractivity contribution in [2.24, 2.45) is 4.99 Å². The Bertz CT molecular complexity index is 726. The lowest BCUT2D eigenvalue weighted by atomic mass is 10.1. The molecule has 0 aliphatic carbocycles. The average Bonchev–Trinajstić information content (AvgIpc) is 2.56. The molecule has 1 aliphatic rings. The molecule has 3 rings (SSSR count). The van der Waals surface area contributed by atoms with E-state index < -0.39 is 6.04 Å². The molecule has 1 atom stereocenters. The number of amides is 1. The third kappa shape index (κ3) is 2.61. The van der Waals surface area contributed by atoms with Crippen LogP contribution in [-0.2, 0) is 9.59 Å². The molecule has 0 saturated carbocycles. The van der Waals surface area contributed by atoms with Crippen molar-refractivity contribution in [2.45, 2.75) is 13.0 Å². The van der Waals surface area contributed by atoms with E-state index in [-0.39, 0.29) is 17.5 Å². The van der Waals surface area contributed by atoms with Gasteiger partial charge in [-0.2, -0.15) is 0 Å². The SMILES string of the molecule is CC(=O)C1=NC(c2ccccc2)C(=O)N(c2ccccc2)N1. The maximum absolute atomic E-state index is 12.7. The maximum atomic E-state index is 12.7. The Morgan fingerprint density at radius 1 is 1.05 bits per heavy atom. The van der Waals surface area contributed by atoms with Crippen LogP contribution >= 0.6 is 0 Å². The predicted molar refractivity (Wildman–Crippen MR) is 84.4 cm³/mol. The van der Waals surface area contributed by atoms with E-state index in [4.69, 9.17) is 0 Å². The van der Waals surface area contributed by atoms with Gasteiger partial charge in [-0.25, -0.2) is 10.0 Å². The molecule has 110 valence electrons. The van der Waals surface area contributed by atoms with Crippen molar-refractivity contribution in [2.75, 3.05) is 5.01 Å². The minimum Gasteiger partial charge on any atom is -0.291 e. The van der Waals surface area contributed by atoms with Gasteiger partial charge in [-0.15, -0.1) is 0 Å². The molecule has 1 unspecified atom stereocenters. The second-order valence-corrected chi connectivity index (χ2v) is 4.97. The Balaban J connectivity index is 2.04. The first-order valence-corrected chi connectivity index (χ1v) is 6.96. The first-order valence-electron chi connectivity index (χ1n) is 6.96. The number of amidine groups is 1. The van der Waals surface area contributed by atoms with Crippen molar-refractivity contribution in [1.29, 1.82) is 0 Å². The normalized spacial score (nSPS) is 17.7. The Labute approximate surface area is 128 Å². The molecule has 1 amide bonds. The van der Waals surface area contributed by atoms with E-state index in [1.807, 2.05) is 48.5 Å². The molecular formula is C17H15N3O2. The van der Waals surface area contributed by atoms with Crippen LogP contribution in [0.4, 0.5) is 5.69 Å². The quantitative estimate of drug-likeness (QED) is 0.944. The lowest BCUT2D eigenvalue weighted by Crippen LogP contribution is -2.54. The monoisotopic (exact) mass is 293 g/mol. The number of para-hydroxylation sites is 1. The average molecular weight is 293 g/mol. The number of nitrogens with zero attached hydrogens (tertiary/aromatic N) is 2. The number of carbonyl (C=O) groups is 2. The predicted octanol–water partition coefficient (Wildman–Crippen LogP) is 2.27. The zero-order chi connectivity index (χ0) is 15.5. The number of rotatable bonds is 3. The maximum Gasteiger partial charge on any atom is 0.275 e. The molecule has 1 heterocycles. The number of Topliss-reactive ketones (excluding diaryl/α,β-unsaturated/α-hetero) is 1. The number of benzene rings is 2. The Hall–Kier alpha value is -2.95. The molecule has 5 heteroatoms. The summed E-state index contributed by atoms with van der Waals surface area (Å²) in [6, 6.07) is 17.7. The highest BCUT2D eigenvalue weighted by Crippen LogP contribution is 2.25. The van der Waals surface area contributed by atoms with Crippen molar-refractivity contribution in [3.63, 3.8) is 0 Å². The van der Waals surface area contributed by atoms with Gasteiger partial charge in [-0.3, -0.25) is 15.0 Å². The molecule has 0 fully saturated rings. The summed E-state index contributed by atoms with van der Waals surface area (Å²) in [4.78, 5) is 28.7. The number of hydrogen-bond acceptors (Lipinski definition) is 4. The molecule has 0 bridgehead atoms. The summed E-state index contributed by atoms with van der Waals surface area (Å²) < 4.78 is 0. The van der Waals surface area contributed by atoms with Gasteiger partial charge in [0.05, 0.1) is 5.69 Å². The Kier molecular flexibility index (Phi) is 3.70. The third-order valence-electron chi connectivity index (χ3n) is 3.39. The molecule has 0 aromatic heterocycles. The van der Waals surface area contributed by atoms with E-state index in [1.54, 1.807) is 12.1 Å². The standard InChI is InChI=1S/C17H15N3O2/c1-12(21)16-18-15(13-8-4-2-5-9-13)17(22)20(19-16)14-10-6-3-7-11-14/h2-11,15H,1H3,(H,18,19). The Morgan fingerprint density at radius 2 is 1.64 bits per heavy atom. The van der Waals surface area contributed by atoms with Crippen LogP contribution in [0.5, 0.6) is 0 Å². The molecule has 1 aliphatic heterocycles. The topological polar surface area (TPSA) is 61.8 Å². The lowest BCUT2D eigenvalue weighted by molar-refractivity contribution is -0.120. The van der Waals surface area contributed by atoms with Gasteiger partial charge in [0, 0.05) is 6.92 Å². The van der Waals surface area contributed by atoms with Gasteiger partial charge in [-0.05, 0) is 17.7 Å². The Morgan fingerprint density at radius 3 is 2.23 bits per heavy atom. The summed E-state index contributed by atoms with van der Waals surface area (Å²) in [6.45, 7) is 1.42. The van der Waals surface area contributed by atoms with Crippen LogP contribution in [0.1, 0.15) is 18.5 Å². The van der Waals surface area contributed by atoms with E-state index >= 15 is 0 Å². The van der Waals surface area contributed by atoms with Crippen LogP contribution in [0.15, 0.2) is 65.7 Å². The summed E-state index contributed by atoms with van der Waals surface area (Å²) in [7, 11) is 0. The molecule has 1 N–H and O–H groups in total. The van der Waals surface area contributed by atoms with Crippen LogP contribution in [0, 0.1) is 0 Å². The van der Waals surface area contributed by atoms with Gasteiger partial charge < -0.3 is 0 Å². The number of hydrazine groups is 1. The van der Waals surface area contributed by atoms with Crippen LogP contribution in [0.25, 0.3) is 0 Å². The fourth-order valence-corrected chi connectivity index (χ4v) is 2.29. The number of carbonyl (C=O) groups excluding carboxylic acids is 2. The van der Waals surface area contributed by atoms with Crippen molar-refractivity contribution < 1.29 is 9.59 Å². The minimum atomic E-state index is -0.721. The smallest absolute Gasteiger partial charge is 0.275 e. The molecule has 0 radical (unpaired) electrons. The zero-order valence-corrected chi connectivity index (χ0v) is 12.1. The molecule has 2 aromatic rings. The summed E-state index contributed by atoms with van der Waals surface area (Å²) in [5.41, 5.74) is 4.23. The van der Waals surface area contributed by atoms with Gasteiger partial charge in [-0.1, -0.05) is 48.5 Å². The highest BCUT2D eigenvalue weighted by atomic mass is 16.2. The number of anilines is 1. The molecule has 0 saturated heterocycles. The molecular weight excluding hydrogens is 278 g/mol. The second kappa shape index (κ2) is 5.81. The fraction of sp³-hybridized carbons (Fsp3) is 0.118. The van der Waals surface area contributed by atoms with Gasteiger partial charge in [0.2, 0.25) is 0 Å². The molecule has 0 spiro atoms. The van der Waals surface area contributed by atoms with E-state index in [0.717, 1.165) is 5.56 Å². The van der Waals surface area contributed by atoms with Crippen molar-refractivity contribution in [3.05, 3.63) is 66.2 Å². The van der Waals surface area contributed by atoms with Gasteiger partial charge in [0.1, 0.15) is 0 Å². The summed E-state index contributed by atoms with van der Waals surface area (Å²) in [5.74, 6) is -0.255. The molecule has 2 aromatic carbocycles. The number of ketones is 1. The summed E-state index contributed by atoms with van der Waals surface area (Å²) in [5, 5.41) is 1.38. The fourth-order valence-electron chi connectivity index (χ4n) is 2.29. The van der Waals surface area contributed by atoms with Crippen molar-refractivity contribution >= 4 is 23.2 Å². The first kappa shape index (κ1) is 14.0. The van der Waals surface area contributed by atoms with E-state index in [9.17, 15) is 9.59 Å². The van der Waals surface area contributed by atoms with Crippen LogP contribution < -0.4 is 10.4 Å². The number of aliphatic imine (C=N–C) groups is 1. The largest absolute Gasteiger partial charge is 0.291 e. The first-order chi connectivity index (χ1) is 10.7. The van der Waals surface area contributed by atoms with E-state index in [1.165, 1.54) is 11.9 Å². The highest BCUT2D eigenvalue weighted by Gasteiger charge is 2.33. The van der Waals surface area contributed by atoms with Gasteiger partial charge >= 0.3 is 0 Å². The number of hydrogen-bond donors (Lipinski definition) is 1. The van der Waals surface area contributed by atoms with Crippen LogP contribution in [0.2, 0.25) is 0 Å². The third-order valence-corrected chi connectivity index (χ3v) is 3.39. The molecule has 5 nitrogen and oxygen atoms in total. The van der Waals surface area contributed by atoms with E-state index in [2.05, 4.69) is 10.4 Å². The minimum absolute atomic E-state index is 0.178. The zero-order valence-electron chi connectivity index (χ0n) is 12.1. The van der Waals surface area contributed by atoms with Crippen molar-refractivity contribution in [3.8, 4) is 0 Å². The number of nitrogens with one attached hydrogen (secondary N) is 1. The van der Waals surface area contributed by atoms with Crippen LogP contribution in [0.3, 0.4) is 0 Å². The lowest BCUT2D eigenvalue weighted by Gasteiger charge is -2.31. The highest BCUT2D eigenvalue weighted by molar-refractivity contribution is 6.39.